The van der Waals surface area contributed by atoms with E-state index in [0.29, 0.717) is 5.75 Å². The fourth-order valence-electron chi connectivity index (χ4n) is 6.58. The summed E-state index contributed by atoms with van der Waals surface area (Å²) in [6.45, 7) is 7.44. The number of hydrogen-bond acceptors (Lipinski definition) is 8. The molecule has 0 amide bonds. The van der Waals surface area contributed by atoms with Crippen molar-refractivity contribution in [3.05, 3.63) is 119 Å². The molecule has 0 spiro atoms. The first-order valence-corrected chi connectivity index (χ1v) is 17.1. The molecule has 2 saturated heterocycles. The van der Waals surface area contributed by atoms with E-state index in [9.17, 15) is 18.0 Å². The standard InChI is InChI=1S/C37H40F3N7O4/c1-3-27(2)47-35(48)46(26-42-47)30-11-9-28(10-12-30)43-19-21-44(22-20-43)29-13-15-31(16-14-29)49-23-32-24-50-36(51-32,25-45-18-6-17-41-45)33-7-4-5-8-34(33)37(38,39)40/h4-18,26-27,32H,3,19-25H2,1-2H3/t27?,32-,36-/m1/s1. The lowest BCUT2D eigenvalue weighted by atomic mass is 9.98. The number of benzene rings is 3. The van der Waals surface area contributed by atoms with Crippen LogP contribution in [0.25, 0.3) is 5.69 Å². The molecule has 5 aromatic rings. The molecule has 4 heterocycles. The highest BCUT2D eigenvalue weighted by atomic mass is 19.4. The maximum absolute atomic E-state index is 14.0. The molecule has 14 heteroatoms. The van der Waals surface area contributed by atoms with Crippen LogP contribution >= 0.6 is 0 Å². The van der Waals surface area contributed by atoms with Gasteiger partial charge in [0.1, 0.15) is 24.8 Å². The van der Waals surface area contributed by atoms with Gasteiger partial charge in [0.2, 0.25) is 5.79 Å². The Kier molecular flexibility index (Phi) is 9.62. The van der Waals surface area contributed by atoms with Crippen LogP contribution in [0.2, 0.25) is 0 Å². The minimum absolute atomic E-state index is 0.0426. The third-order valence-electron chi connectivity index (χ3n) is 9.54. The second kappa shape index (κ2) is 14.3. The van der Waals surface area contributed by atoms with Gasteiger partial charge in [-0.25, -0.2) is 14.0 Å². The molecule has 2 aliphatic rings. The predicted molar refractivity (Wildman–Crippen MR) is 185 cm³/mol. The zero-order valence-corrected chi connectivity index (χ0v) is 28.4. The highest BCUT2D eigenvalue weighted by Gasteiger charge is 2.49. The number of halogens is 3. The van der Waals surface area contributed by atoms with Crippen LogP contribution in [0.1, 0.15) is 37.4 Å². The number of nitrogens with zero attached hydrogens (tertiary/aromatic N) is 7. The predicted octanol–water partition coefficient (Wildman–Crippen LogP) is 5.89. The largest absolute Gasteiger partial charge is 0.491 e. The summed E-state index contributed by atoms with van der Waals surface area (Å²) in [5, 5.41) is 8.46. The Bertz CT molecular complexity index is 1950. The highest BCUT2D eigenvalue weighted by Crippen LogP contribution is 2.43. The molecule has 3 atom stereocenters. The summed E-state index contributed by atoms with van der Waals surface area (Å²) in [6, 6.07) is 22.8. The second-order valence-corrected chi connectivity index (χ2v) is 12.8. The highest BCUT2D eigenvalue weighted by molar-refractivity contribution is 5.54. The maximum atomic E-state index is 14.0. The lowest BCUT2D eigenvalue weighted by Gasteiger charge is -2.37. The van der Waals surface area contributed by atoms with Crippen LogP contribution in [0.4, 0.5) is 24.5 Å². The molecule has 7 rings (SSSR count). The number of rotatable bonds is 11. The number of ether oxygens (including phenoxy) is 3. The Morgan fingerprint density at radius 1 is 0.902 bits per heavy atom. The van der Waals surface area contributed by atoms with Gasteiger partial charge in [-0.15, -0.1) is 0 Å². The van der Waals surface area contributed by atoms with Crippen LogP contribution in [0.15, 0.2) is 102 Å². The number of anilines is 2. The molecule has 1 unspecified atom stereocenters. The van der Waals surface area contributed by atoms with E-state index in [1.807, 2.05) is 62.4 Å². The van der Waals surface area contributed by atoms with Crippen molar-refractivity contribution in [2.45, 2.75) is 50.9 Å². The van der Waals surface area contributed by atoms with E-state index in [2.05, 4.69) is 20.0 Å². The van der Waals surface area contributed by atoms with E-state index in [0.717, 1.165) is 55.7 Å². The number of aromatic nitrogens is 5. The van der Waals surface area contributed by atoms with Crippen molar-refractivity contribution in [1.82, 2.24) is 24.1 Å². The molecule has 0 N–H and O–H groups in total. The number of alkyl halides is 3. The van der Waals surface area contributed by atoms with Crippen LogP contribution in [0, 0.1) is 0 Å². The Balaban J connectivity index is 0.940. The number of hydrogen-bond donors (Lipinski definition) is 0. The molecule has 0 radical (unpaired) electrons. The quantitative estimate of drug-likeness (QED) is 0.168. The van der Waals surface area contributed by atoms with Crippen molar-refractivity contribution < 1.29 is 27.4 Å². The first-order valence-electron chi connectivity index (χ1n) is 17.1. The van der Waals surface area contributed by atoms with Gasteiger partial charge in [-0.2, -0.15) is 23.4 Å². The zero-order chi connectivity index (χ0) is 35.6. The average Bonchev–Trinajstić information content (AvgIpc) is 3.92. The number of piperazine rings is 1. The van der Waals surface area contributed by atoms with Gasteiger partial charge in [0.15, 0.2) is 0 Å². The van der Waals surface area contributed by atoms with Gasteiger partial charge in [0, 0.05) is 55.5 Å². The van der Waals surface area contributed by atoms with E-state index in [-0.39, 0.29) is 37.1 Å². The fourth-order valence-corrected chi connectivity index (χ4v) is 6.58. The van der Waals surface area contributed by atoms with Gasteiger partial charge in [-0.05, 0) is 74.0 Å². The van der Waals surface area contributed by atoms with Crippen molar-refractivity contribution in [2.24, 2.45) is 0 Å². The van der Waals surface area contributed by atoms with E-state index >= 15 is 0 Å². The molecule has 2 aliphatic heterocycles. The smallest absolute Gasteiger partial charge is 0.416 e. The normalized spacial score (nSPS) is 20.1. The van der Waals surface area contributed by atoms with E-state index < -0.39 is 23.6 Å². The molecular weight excluding hydrogens is 663 g/mol. The Morgan fingerprint density at radius 2 is 1.55 bits per heavy atom. The van der Waals surface area contributed by atoms with Crippen molar-refractivity contribution in [3.63, 3.8) is 0 Å². The summed E-state index contributed by atoms with van der Waals surface area (Å²) in [5.41, 5.74) is 1.89. The summed E-state index contributed by atoms with van der Waals surface area (Å²) in [7, 11) is 0. The summed E-state index contributed by atoms with van der Waals surface area (Å²) in [6.07, 6.45) is 0.425. The van der Waals surface area contributed by atoms with Crippen molar-refractivity contribution in [1.29, 1.82) is 0 Å². The minimum atomic E-state index is -4.59. The monoisotopic (exact) mass is 703 g/mol. The average molecular weight is 704 g/mol. The molecule has 2 aromatic heterocycles. The molecule has 51 heavy (non-hydrogen) atoms. The lowest BCUT2D eigenvalue weighted by Crippen LogP contribution is -2.46. The maximum Gasteiger partial charge on any atom is 0.416 e. The van der Waals surface area contributed by atoms with E-state index in [4.69, 9.17) is 14.2 Å². The van der Waals surface area contributed by atoms with Crippen molar-refractivity contribution in [3.8, 4) is 11.4 Å². The zero-order valence-electron chi connectivity index (χ0n) is 28.4. The molecule has 2 fully saturated rings. The lowest BCUT2D eigenvalue weighted by molar-refractivity contribution is -0.198. The summed E-state index contributed by atoms with van der Waals surface area (Å²) >= 11 is 0. The van der Waals surface area contributed by atoms with Gasteiger partial charge in [-0.1, -0.05) is 25.1 Å². The second-order valence-electron chi connectivity index (χ2n) is 12.8. The molecular formula is C37H40F3N7O4. The Morgan fingerprint density at radius 3 is 2.18 bits per heavy atom. The Hall–Kier alpha value is -5.08. The Labute approximate surface area is 293 Å². The van der Waals surface area contributed by atoms with Gasteiger partial charge < -0.3 is 24.0 Å². The molecule has 0 bridgehead atoms. The van der Waals surface area contributed by atoms with Crippen LogP contribution in [-0.4, -0.2) is 69.6 Å². The van der Waals surface area contributed by atoms with Gasteiger partial charge in [-0.3, -0.25) is 4.68 Å². The molecule has 0 saturated carbocycles. The first-order chi connectivity index (χ1) is 24.6. The fraction of sp³-hybridized carbons (Fsp3) is 0.378. The SMILES string of the molecule is CCC(C)n1ncn(-c2ccc(N3CCN(c4ccc(OC[C@@H]5CO[C@@](Cn6cccn6)(c6ccccc6C(F)(F)F)O5)cc4)CC3)cc2)c1=O. The molecule has 3 aromatic carbocycles. The first kappa shape index (κ1) is 34.4. The molecule has 11 nitrogen and oxygen atoms in total. The summed E-state index contributed by atoms with van der Waals surface area (Å²) in [5.74, 6) is -1.06. The van der Waals surface area contributed by atoms with Crippen LogP contribution in [-0.2, 0) is 28.0 Å². The summed E-state index contributed by atoms with van der Waals surface area (Å²) in [4.78, 5) is 17.4. The van der Waals surface area contributed by atoms with Crippen LogP contribution < -0.4 is 20.2 Å². The van der Waals surface area contributed by atoms with Crippen LogP contribution in [0.3, 0.4) is 0 Å². The topological polar surface area (TPSA) is 91.8 Å². The van der Waals surface area contributed by atoms with Gasteiger partial charge >= 0.3 is 11.9 Å². The summed E-state index contributed by atoms with van der Waals surface area (Å²) < 4.78 is 64.9. The minimum Gasteiger partial charge on any atom is -0.491 e. The van der Waals surface area contributed by atoms with Gasteiger partial charge in [0.05, 0.1) is 30.4 Å². The van der Waals surface area contributed by atoms with Gasteiger partial charge in [0.25, 0.3) is 0 Å². The third-order valence-corrected chi connectivity index (χ3v) is 9.54. The van der Waals surface area contributed by atoms with Crippen molar-refractivity contribution >= 4 is 11.4 Å². The van der Waals surface area contributed by atoms with Crippen molar-refractivity contribution in [2.75, 3.05) is 49.2 Å². The van der Waals surface area contributed by atoms with E-state index in [1.54, 1.807) is 35.4 Å². The van der Waals surface area contributed by atoms with E-state index in [1.165, 1.54) is 21.5 Å². The molecule has 0 aliphatic carbocycles. The molecule has 268 valence electrons. The van der Waals surface area contributed by atoms with Crippen LogP contribution in [0.5, 0.6) is 5.75 Å². The third kappa shape index (κ3) is 7.24.